The van der Waals surface area contributed by atoms with Crippen molar-refractivity contribution >= 4 is 40.6 Å². The number of thioether (sulfide) groups is 1. The number of carbonyl (C=O) groups is 1. The molecular weight excluding hydrogens is 410 g/mol. The van der Waals surface area contributed by atoms with Gasteiger partial charge < -0.3 is 9.84 Å². The summed E-state index contributed by atoms with van der Waals surface area (Å²) in [6, 6.07) is 17.5. The van der Waals surface area contributed by atoms with Crippen molar-refractivity contribution in [1.29, 1.82) is 0 Å². The molecule has 1 N–H and O–H groups in total. The maximum Gasteiger partial charge on any atom is 0.287 e. The third-order valence-corrected chi connectivity index (χ3v) is 5.39. The van der Waals surface area contributed by atoms with E-state index < -0.39 is 0 Å². The third kappa shape index (κ3) is 4.52. The van der Waals surface area contributed by atoms with Gasteiger partial charge in [0.05, 0.1) is 5.69 Å². The lowest BCUT2D eigenvalue weighted by molar-refractivity contribution is 0.102. The number of hydrogen-bond acceptors (Lipinski definition) is 5. The number of fused-ring (bicyclic) bond motifs is 1. The van der Waals surface area contributed by atoms with Gasteiger partial charge in [0.2, 0.25) is 0 Å². The van der Waals surface area contributed by atoms with E-state index in [9.17, 15) is 9.59 Å². The number of hydrogen-bond donors (Lipinski definition) is 1. The van der Waals surface area contributed by atoms with E-state index in [4.69, 9.17) is 16.1 Å². The molecule has 0 aliphatic rings. The fourth-order valence-corrected chi connectivity index (χ4v) is 3.75. The number of halogens is 1. The Labute approximate surface area is 175 Å². The van der Waals surface area contributed by atoms with E-state index in [2.05, 4.69) is 10.3 Å². The molecule has 0 bridgehead atoms. The van der Waals surface area contributed by atoms with E-state index in [0.29, 0.717) is 39.1 Å². The highest BCUT2D eigenvalue weighted by Gasteiger charge is 2.09. The Hall–Kier alpha value is -3.03. The van der Waals surface area contributed by atoms with Crippen molar-refractivity contribution in [2.45, 2.75) is 17.6 Å². The highest BCUT2D eigenvalue weighted by atomic mass is 35.5. The summed E-state index contributed by atoms with van der Waals surface area (Å²) in [4.78, 5) is 29.8. The Morgan fingerprint density at radius 1 is 1.17 bits per heavy atom. The van der Waals surface area contributed by atoms with Gasteiger partial charge >= 0.3 is 0 Å². The van der Waals surface area contributed by atoms with Gasteiger partial charge in [-0.25, -0.2) is 4.98 Å². The minimum atomic E-state index is -0.238. The maximum atomic E-state index is 12.3. The SMILES string of the molecule is Cc1cc2nc(CSc3ccc(NC(=O)c4cccc(Cl)c4)cc3)cc(=O)n2o1. The number of aromatic nitrogens is 2. The summed E-state index contributed by atoms with van der Waals surface area (Å²) < 4.78 is 6.47. The van der Waals surface area contributed by atoms with Gasteiger partial charge in [0.15, 0.2) is 5.65 Å². The Morgan fingerprint density at radius 2 is 1.97 bits per heavy atom. The van der Waals surface area contributed by atoms with Crippen molar-refractivity contribution in [2.24, 2.45) is 0 Å². The predicted molar refractivity (Wildman–Crippen MR) is 114 cm³/mol. The molecule has 0 atom stereocenters. The second-order valence-corrected chi connectivity index (χ2v) is 7.85. The van der Waals surface area contributed by atoms with Crippen LogP contribution < -0.4 is 10.9 Å². The number of nitrogens with one attached hydrogen (secondary N) is 1. The van der Waals surface area contributed by atoms with Crippen molar-refractivity contribution in [1.82, 2.24) is 9.56 Å². The largest absolute Gasteiger partial charge is 0.375 e. The van der Waals surface area contributed by atoms with E-state index in [-0.39, 0.29) is 11.5 Å². The summed E-state index contributed by atoms with van der Waals surface area (Å²) in [5.74, 6) is 0.959. The van der Waals surface area contributed by atoms with Crippen molar-refractivity contribution in [3.8, 4) is 0 Å². The fraction of sp³-hybridized carbons (Fsp3) is 0.0952. The van der Waals surface area contributed by atoms with Crippen LogP contribution in [0, 0.1) is 6.92 Å². The number of anilines is 1. The lowest BCUT2D eigenvalue weighted by Crippen LogP contribution is -2.12. The first-order valence-electron chi connectivity index (χ1n) is 8.77. The molecule has 4 rings (SSSR count). The normalized spacial score (nSPS) is 11.0. The van der Waals surface area contributed by atoms with Crippen LogP contribution in [0.2, 0.25) is 5.02 Å². The zero-order valence-corrected chi connectivity index (χ0v) is 17.0. The van der Waals surface area contributed by atoms with Crippen molar-refractivity contribution in [3.05, 3.63) is 93.1 Å². The Balaban J connectivity index is 1.41. The van der Waals surface area contributed by atoms with Crippen molar-refractivity contribution in [2.75, 3.05) is 5.32 Å². The molecule has 29 heavy (non-hydrogen) atoms. The van der Waals surface area contributed by atoms with Gasteiger partial charge in [-0.3, -0.25) is 9.59 Å². The summed E-state index contributed by atoms with van der Waals surface area (Å²) in [5, 5.41) is 3.36. The molecule has 0 radical (unpaired) electrons. The molecule has 2 heterocycles. The van der Waals surface area contributed by atoms with E-state index in [0.717, 1.165) is 4.90 Å². The average molecular weight is 426 g/mol. The number of nitrogens with zero attached hydrogens (tertiary/aromatic N) is 2. The summed E-state index contributed by atoms with van der Waals surface area (Å²) in [5.41, 5.74) is 2.13. The molecular formula is C21H16ClN3O3S. The van der Waals surface area contributed by atoms with E-state index in [1.54, 1.807) is 49.0 Å². The van der Waals surface area contributed by atoms with Crippen LogP contribution in [-0.2, 0) is 5.75 Å². The van der Waals surface area contributed by atoms with Gasteiger partial charge in [-0.15, -0.1) is 16.3 Å². The van der Waals surface area contributed by atoms with E-state index in [1.807, 2.05) is 24.3 Å². The van der Waals surface area contributed by atoms with Gasteiger partial charge in [-0.1, -0.05) is 17.7 Å². The molecule has 1 amide bonds. The highest BCUT2D eigenvalue weighted by Crippen LogP contribution is 2.24. The first kappa shape index (κ1) is 19.3. The van der Waals surface area contributed by atoms with Crippen molar-refractivity contribution in [3.63, 3.8) is 0 Å². The predicted octanol–water partition coefficient (Wildman–Crippen LogP) is 4.79. The topological polar surface area (TPSA) is 76.6 Å². The van der Waals surface area contributed by atoms with Crippen LogP contribution in [-0.4, -0.2) is 15.5 Å². The molecule has 0 saturated carbocycles. The molecule has 0 aliphatic carbocycles. The zero-order valence-electron chi connectivity index (χ0n) is 15.4. The number of rotatable bonds is 5. The number of carbonyl (C=O) groups excluding carboxylic acids is 1. The molecule has 8 heteroatoms. The lowest BCUT2D eigenvalue weighted by Gasteiger charge is -2.07. The molecule has 2 aromatic heterocycles. The second-order valence-electron chi connectivity index (χ2n) is 6.36. The number of aryl methyl sites for hydroxylation is 1. The van der Waals surface area contributed by atoms with Crippen LogP contribution in [0.5, 0.6) is 0 Å². The molecule has 4 aromatic rings. The van der Waals surface area contributed by atoms with E-state index in [1.165, 1.54) is 10.6 Å². The highest BCUT2D eigenvalue weighted by molar-refractivity contribution is 7.98. The molecule has 6 nitrogen and oxygen atoms in total. The molecule has 0 saturated heterocycles. The quantitative estimate of drug-likeness (QED) is 0.465. The first-order valence-corrected chi connectivity index (χ1v) is 10.1. The van der Waals surface area contributed by atoms with Crippen LogP contribution in [0.4, 0.5) is 5.69 Å². The first-order chi connectivity index (χ1) is 14.0. The molecule has 2 aromatic carbocycles. The summed E-state index contributed by atoms with van der Waals surface area (Å²) in [7, 11) is 0. The molecule has 0 fully saturated rings. The Bertz CT molecular complexity index is 1250. The summed E-state index contributed by atoms with van der Waals surface area (Å²) in [6.45, 7) is 1.77. The monoisotopic (exact) mass is 425 g/mol. The van der Waals surface area contributed by atoms with Crippen LogP contribution in [0.1, 0.15) is 21.8 Å². The molecule has 146 valence electrons. The van der Waals surface area contributed by atoms with Gasteiger partial charge in [0.25, 0.3) is 11.5 Å². The fourth-order valence-electron chi connectivity index (χ4n) is 2.77. The number of benzene rings is 2. The summed E-state index contributed by atoms with van der Waals surface area (Å²) in [6.07, 6.45) is 0. The number of amides is 1. The van der Waals surface area contributed by atoms with Crippen LogP contribution in [0.25, 0.3) is 5.65 Å². The zero-order chi connectivity index (χ0) is 20.4. The third-order valence-electron chi connectivity index (χ3n) is 4.11. The Kier molecular flexibility index (Phi) is 5.42. The van der Waals surface area contributed by atoms with Crippen LogP contribution in [0.3, 0.4) is 0 Å². The standard InChI is InChI=1S/C21H16ClN3O3S/c1-13-9-19-23-17(11-20(26)25(19)28-13)12-29-18-7-5-16(6-8-18)24-21(27)14-3-2-4-15(22)10-14/h2-11H,12H2,1H3,(H,24,27). The van der Waals surface area contributed by atoms with Gasteiger partial charge in [0, 0.05) is 39.1 Å². The van der Waals surface area contributed by atoms with Gasteiger partial charge in [0.1, 0.15) is 5.76 Å². The minimum Gasteiger partial charge on any atom is -0.375 e. The Morgan fingerprint density at radius 3 is 2.72 bits per heavy atom. The van der Waals surface area contributed by atoms with Crippen LogP contribution in [0.15, 0.2) is 74.9 Å². The molecule has 0 spiro atoms. The van der Waals surface area contributed by atoms with Crippen molar-refractivity contribution < 1.29 is 9.32 Å². The smallest absolute Gasteiger partial charge is 0.287 e. The second kappa shape index (κ2) is 8.14. The van der Waals surface area contributed by atoms with E-state index >= 15 is 0 Å². The lowest BCUT2D eigenvalue weighted by atomic mass is 10.2. The summed E-state index contributed by atoms with van der Waals surface area (Å²) >= 11 is 7.48. The average Bonchev–Trinajstić information content (AvgIpc) is 3.08. The van der Waals surface area contributed by atoms with Gasteiger partial charge in [-0.05, 0) is 49.4 Å². The molecule has 0 unspecified atom stereocenters. The van der Waals surface area contributed by atoms with Gasteiger partial charge in [-0.2, -0.15) is 0 Å². The van der Waals surface area contributed by atoms with Crippen LogP contribution >= 0.6 is 23.4 Å². The molecule has 0 aliphatic heterocycles. The minimum absolute atomic E-state index is 0.221. The maximum absolute atomic E-state index is 12.3.